The van der Waals surface area contributed by atoms with E-state index in [1.165, 1.54) is 31.4 Å². The molecule has 2 nitrogen and oxygen atoms in total. The Hall–Kier alpha value is -0.860. The minimum absolute atomic E-state index is 0.141. The van der Waals surface area contributed by atoms with E-state index in [9.17, 15) is 0 Å². The van der Waals surface area contributed by atoms with Gasteiger partial charge in [-0.2, -0.15) is 0 Å². The Morgan fingerprint density at radius 2 is 2.13 bits per heavy atom. The van der Waals surface area contributed by atoms with Crippen molar-refractivity contribution in [2.24, 2.45) is 0 Å². The van der Waals surface area contributed by atoms with Gasteiger partial charge in [0.15, 0.2) is 0 Å². The van der Waals surface area contributed by atoms with Crippen molar-refractivity contribution < 1.29 is 0 Å². The van der Waals surface area contributed by atoms with E-state index in [1.54, 1.807) is 0 Å². The summed E-state index contributed by atoms with van der Waals surface area (Å²) >= 11 is 0. The van der Waals surface area contributed by atoms with Crippen molar-refractivity contribution in [2.45, 2.75) is 31.0 Å². The first kappa shape index (κ1) is 9.37. The van der Waals surface area contributed by atoms with Crippen LogP contribution in [0.3, 0.4) is 0 Å². The molecule has 0 aromatic heterocycles. The molecule has 0 saturated carbocycles. The third-order valence-electron chi connectivity index (χ3n) is 4.06. The number of hydrogen-bond donors (Lipinski definition) is 1. The number of nitrogens with zero attached hydrogens (tertiary/aromatic N) is 1. The second-order valence-electron chi connectivity index (χ2n) is 4.67. The lowest BCUT2D eigenvalue weighted by Crippen LogP contribution is -2.67. The van der Waals surface area contributed by atoms with Crippen LogP contribution in [0.1, 0.15) is 24.8 Å². The van der Waals surface area contributed by atoms with E-state index in [4.69, 9.17) is 0 Å². The molecule has 2 heterocycles. The van der Waals surface area contributed by atoms with Crippen LogP contribution >= 0.6 is 0 Å². The van der Waals surface area contributed by atoms with Crippen LogP contribution in [-0.2, 0) is 5.66 Å². The number of rotatable bonds is 2. The molecule has 0 spiro atoms. The van der Waals surface area contributed by atoms with Gasteiger partial charge in [-0.1, -0.05) is 30.3 Å². The van der Waals surface area contributed by atoms with Crippen LogP contribution in [0.15, 0.2) is 30.3 Å². The van der Waals surface area contributed by atoms with Gasteiger partial charge in [0.1, 0.15) is 0 Å². The van der Waals surface area contributed by atoms with E-state index in [-0.39, 0.29) is 5.66 Å². The topological polar surface area (TPSA) is 15.3 Å². The van der Waals surface area contributed by atoms with E-state index in [0.717, 1.165) is 6.04 Å². The lowest BCUT2D eigenvalue weighted by molar-refractivity contribution is -0.0709. The van der Waals surface area contributed by atoms with Gasteiger partial charge in [-0.25, -0.2) is 0 Å². The monoisotopic (exact) mass is 202 g/mol. The van der Waals surface area contributed by atoms with Crippen LogP contribution in [0, 0.1) is 0 Å². The Balaban J connectivity index is 1.95. The summed E-state index contributed by atoms with van der Waals surface area (Å²) in [5.41, 5.74) is 1.56. The Bertz CT molecular complexity index is 349. The SMILES string of the molecule is CNC1(c2ccccc2)CC2CCCN21. The summed E-state index contributed by atoms with van der Waals surface area (Å²) in [7, 11) is 2.08. The van der Waals surface area contributed by atoms with Crippen molar-refractivity contribution in [1.82, 2.24) is 10.2 Å². The van der Waals surface area contributed by atoms with Gasteiger partial charge in [-0.3, -0.25) is 10.2 Å². The van der Waals surface area contributed by atoms with Crippen LogP contribution < -0.4 is 5.32 Å². The molecule has 0 radical (unpaired) electrons. The zero-order valence-corrected chi connectivity index (χ0v) is 9.24. The number of fused-ring (bicyclic) bond motifs is 1. The summed E-state index contributed by atoms with van der Waals surface area (Å²) in [6.45, 7) is 1.25. The van der Waals surface area contributed by atoms with E-state index in [2.05, 4.69) is 47.6 Å². The number of hydrogen-bond acceptors (Lipinski definition) is 2. The molecule has 2 aliphatic rings. The molecule has 2 unspecified atom stereocenters. The van der Waals surface area contributed by atoms with Crippen molar-refractivity contribution >= 4 is 0 Å². The van der Waals surface area contributed by atoms with Gasteiger partial charge < -0.3 is 0 Å². The fraction of sp³-hybridized carbons (Fsp3) is 0.538. The molecule has 80 valence electrons. The van der Waals surface area contributed by atoms with Gasteiger partial charge in [0, 0.05) is 12.6 Å². The number of nitrogens with one attached hydrogen (secondary N) is 1. The fourth-order valence-corrected chi connectivity index (χ4v) is 3.28. The standard InChI is InChI=1S/C13H18N2/c1-14-13(11-6-3-2-4-7-11)10-12-8-5-9-15(12)13/h2-4,6-7,12,14H,5,8-10H2,1H3. The normalized spacial score (nSPS) is 34.9. The summed E-state index contributed by atoms with van der Waals surface area (Å²) in [6.07, 6.45) is 4.02. The molecule has 2 heteroatoms. The van der Waals surface area contributed by atoms with Crippen LogP contribution in [-0.4, -0.2) is 24.5 Å². The molecule has 3 rings (SSSR count). The highest BCUT2D eigenvalue weighted by molar-refractivity contribution is 5.28. The smallest absolute Gasteiger partial charge is 0.0990 e. The summed E-state index contributed by atoms with van der Waals surface area (Å²) in [6, 6.07) is 11.7. The zero-order valence-electron chi connectivity index (χ0n) is 9.24. The molecule has 15 heavy (non-hydrogen) atoms. The minimum atomic E-state index is 0.141. The molecular weight excluding hydrogens is 184 g/mol. The third kappa shape index (κ3) is 1.18. The fourth-order valence-electron chi connectivity index (χ4n) is 3.28. The van der Waals surface area contributed by atoms with Crippen molar-refractivity contribution in [3.8, 4) is 0 Å². The average molecular weight is 202 g/mol. The highest BCUT2D eigenvalue weighted by Gasteiger charge is 2.53. The first-order chi connectivity index (χ1) is 7.37. The van der Waals surface area contributed by atoms with E-state index in [1.807, 2.05) is 0 Å². The Kier molecular flexibility index (Phi) is 2.08. The maximum absolute atomic E-state index is 3.53. The molecule has 1 N–H and O–H groups in total. The maximum atomic E-state index is 3.53. The maximum Gasteiger partial charge on any atom is 0.0990 e. The van der Waals surface area contributed by atoms with Crippen molar-refractivity contribution in [3.05, 3.63) is 35.9 Å². The first-order valence-corrected chi connectivity index (χ1v) is 5.88. The van der Waals surface area contributed by atoms with Crippen molar-refractivity contribution in [2.75, 3.05) is 13.6 Å². The minimum Gasteiger partial charge on any atom is -0.298 e. The van der Waals surface area contributed by atoms with Crippen molar-refractivity contribution in [1.29, 1.82) is 0 Å². The lowest BCUT2D eigenvalue weighted by Gasteiger charge is -2.56. The van der Waals surface area contributed by atoms with Gasteiger partial charge in [-0.05, 0) is 31.9 Å². The van der Waals surface area contributed by atoms with Crippen molar-refractivity contribution in [3.63, 3.8) is 0 Å². The Morgan fingerprint density at radius 3 is 2.80 bits per heavy atom. The van der Waals surface area contributed by atoms with E-state index in [0.29, 0.717) is 0 Å². The summed E-state index contributed by atoms with van der Waals surface area (Å²) < 4.78 is 0. The molecule has 0 bridgehead atoms. The zero-order chi connectivity index (χ0) is 10.3. The van der Waals surface area contributed by atoms with Crippen LogP contribution in [0.5, 0.6) is 0 Å². The third-order valence-corrected chi connectivity index (χ3v) is 4.06. The highest BCUT2D eigenvalue weighted by atomic mass is 15.4. The quantitative estimate of drug-likeness (QED) is 0.788. The average Bonchev–Trinajstić information content (AvgIpc) is 2.65. The molecule has 1 aromatic carbocycles. The van der Waals surface area contributed by atoms with E-state index >= 15 is 0 Å². The Morgan fingerprint density at radius 1 is 1.33 bits per heavy atom. The molecule has 2 aliphatic heterocycles. The summed E-state index contributed by atoms with van der Waals surface area (Å²) in [5.74, 6) is 0. The lowest BCUT2D eigenvalue weighted by atomic mass is 9.81. The van der Waals surface area contributed by atoms with Crippen LogP contribution in [0.2, 0.25) is 0 Å². The molecule has 0 amide bonds. The molecular formula is C13H18N2. The molecule has 1 aromatic rings. The molecule has 2 atom stereocenters. The number of benzene rings is 1. The predicted octanol–water partition coefficient (Wildman–Crippen LogP) is 1.93. The second kappa shape index (κ2) is 3.32. The van der Waals surface area contributed by atoms with Gasteiger partial charge in [0.25, 0.3) is 0 Å². The van der Waals surface area contributed by atoms with Gasteiger partial charge in [0.05, 0.1) is 5.66 Å². The first-order valence-electron chi connectivity index (χ1n) is 5.88. The van der Waals surface area contributed by atoms with E-state index < -0.39 is 0 Å². The van der Waals surface area contributed by atoms with Gasteiger partial charge in [0.2, 0.25) is 0 Å². The van der Waals surface area contributed by atoms with Crippen LogP contribution in [0.4, 0.5) is 0 Å². The summed E-state index contributed by atoms with van der Waals surface area (Å²) in [4.78, 5) is 2.63. The highest BCUT2D eigenvalue weighted by Crippen LogP contribution is 2.47. The molecule has 2 fully saturated rings. The predicted molar refractivity (Wildman–Crippen MR) is 61.5 cm³/mol. The van der Waals surface area contributed by atoms with Gasteiger partial charge in [-0.15, -0.1) is 0 Å². The molecule has 0 aliphatic carbocycles. The van der Waals surface area contributed by atoms with Gasteiger partial charge >= 0.3 is 0 Å². The van der Waals surface area contributed by atoms with Crippen LogP contribution in [0.25, 0.3) is 0 Å². The molecule has 2 saturated heterocycles. The largest absolute Gasteiger partial charge is 0.298 e. The summed E-state index contributed by atoms with van der Waals surface area (Å²) in [5, 5.41) is 3.53. The Labute approximate surface area is 91.3 Å². The second-order valence-corrected chi connectivity index (χ2v) is 4.67.